The molecule has 2 aliphatic carbocycles. The first-order valence-corrected chi connectivity index (χ1v) is 11.5. The highest BCUT2D eigenvalue weighted by Gasteiger charge is 2.20. The van der Waals surface area contributed by atoms with Crippen LogP contribution in [0.5, 0.6) is 0 Å². The van der Waals surface area contributed by atoms with Crippen LogP contribution in [0.25, 0.3) is 0 Å². The van der Waals surface area contributed by atoms with Crippen molar-refractivity contribution in [3.8, 4) is 0 Å². The topological polar surface area (TPSA) is 82.3 Å². The molecule has 0 bridgehead atoms. The van der Waals surface area contributed by atoms with E-state index in [-0.39, 0.29) is 36.3 Å². The summed E-state index contributed by atoms with van der Waals surface area (Å²) in [5, 5.41) is 0. The van der Waals surface area contributed by atoms with Gasteiger partial charge in [0.05, 0.1) is 12.6 Å². The molecule has 2 N–H and O–H groups in total. The number of rotatable bonds is 10. The molecule has 174 valence electrons. The van der Waals surface area contributed by atoms with Gasteiger partial charge in [0.25, 0.3) is 0 Å². The van der Waals surface area contributed by atoms with Crippen molar-refractivity contribution < 1.29 is 18.7 Å². The van der Waals surface area contributed by atoms with Gasteiger partial charge in [-0.3, -0.25) is 14.6 Å². The van der Waals surface area contributed by atoms with E-state index >= 15 is 0 Å². The molecule has 1 fully saturated rings. The molecule has 0 spiro atoms. The zero-order valence-corrected chi connectivity index (χ0v) is 18.9. The molecule has 0 atom stereocenters. The molecule has 6 heteroatoms. The van der Waals surface area contributed by atoms with Gasteiger partial charge < -0.3 is 10.5 Å². The Morgan fingerprint density at radius 2 is 2.06 bits per heavy atom. The zero-order chi connectivity index (χ0) is 23.6. The first-order valence-electron chi connectivity index (χ1n) is 11.5. The summed E-state index contributed by atoms with van der Waals surface area (Å²) in [6.07, 6.45) is 17.5. The first-order chi connectivity index (χ1) is 16.0. The second kappa shape index (κ2) is 12.2. The fourth-order valence-electron chi connectivity index (χ4n) is 4.17. The number of ether oxygens (including phenoxy) is 1. The van der Waals surface area contributed by atoms with Gasteiger partial charge in [0.15, 0.2) is 5.78 Å². The monoisotopic (exact) mass is 450 g/mol. The number of hydrogen-bond donors (Lipinski definition) is 1. The number of pyridine rings is 1. The van der Waals surface area contributed by atoms with Gasteiger partial charge in [0, 0.05) is 24.7 Å². The van der Waals surface area contributed by atoms with Crippen molar-refractivity contribution in [3.05, 3.63) is 89.1 Å². The molecule has 0 radical (unpaired) electrons. The van der Waals surface area contributed by atoms with Crippen molar-refractivity contribution in [2.75, 3.05) is 6.54 Å². The molecular formula is C27H31FN2O3. The largest absolute Gasteiger partial charge is 0.462 e. The van der Waals surface area contributed by atoms with E-state index in [0.29, 0.717) is 12.1 Å². The van der Waals surface area contributed by atoms with Crippen LogP contribution in [0.2, 0.25) is 0 Å². The molecule has 3 rings (SSSR count). The van der Waals surface area contributed by atoms with Gasteiger partial charge in [-0.15, -0.1) is 0 Å². The highest BCUT2D eigenvalue weighted by atomic mass is 19.1. The minimum absolute atomic E-state index is 0.0483. The summed E-state index contributed by atoms with van der Waals surface area (Å²) in [5.74, 6) is -0.960. The van der Waals surface area contributed by atoms with Crippen molar-refractivity contribution in [1.29, 1.82) is 0 Å². The number of Topliss-reactive ketones (excluding diaryl/α,β-unsaturated/α-hetero) is 1. The molecule has 33 heavy (non-hydrogen) atoms. The number of esters is 1. The lowest BCUT2D eigenvalue weighted by Crippen LogP contribution is -2.15. The normalized spacial score (nSPS) is 17.4. The summed E-state index contributed by atoms with van der Waals surface area (Å²) in [6.45, 7) is 4.06. The summed E-state index contributed by atoms with van der Waals surface area (Å²) in [6, 6.07) is 1.50. The van der Waals surface area contributed by atoms with Crippen molar-refractivity contribution >= 4 is 11.8 Å². The lowest BCUT2D eigenvalue weighted by atomic mass is 9.90. The van der Waals surface area contributed by atoms with E-state index < -0.39 is 5.82 Å². The number of nitrogens with zero attached hydrogens (tertiary/aromatic N) is 1. The van der Waals surface area contributed by atoms with Gasteiger partial charge in [0.2, 0.25) is 0 Å². The Hall–Kier alpha value is -3.12. The van der Waals surface area contributed by atoms with Gasteiger partial charge in [-0.25, -0.2) is 4.39 Å². The van der Waals surface area contributed by atoms with Gasteiger partial charge in [-0.05, 0) is 73.0 Å². The van der Waals surface area contributed by atoms with Gasteiger partial charge in [-0.2, -0.15) is 0 Å². The van der Waals surface area contributed by atoms with Crippen molar-refractivity contribution in [2.24, 2.45) is 5.73 Å². The minimum Gasteiger partial charge on any atom is -0.462 e. The summed E-state index contributed by atoms with van der Waals surface area (Å²) in [7, 11) is 0. The van der Waals surface area contributed by atoms with Crippen LogP contribution in [0.3, 0.4) is 0 Å². The predicted molar refractivity (Wildman–Crippen MR) is 127 cm³/mol. The number of aromatic nitrogens is 1. The number of carbonyl (C=O) groups is 2. The first kappa shape index (κ1) is 24.5. The number of nitrogens with two attached hydrogens (primary N) is 1. The SMILES string of the molecule is C=C/C(=C\C(=C\CN)C1=CC(CC(=O)OC2CCCC2)=CCC1)C(=O)Cc1ccncc1F. The third-order valence-corrected chi connectivity index (χ3v) is 5.90. The smallest absolute Gasteiger partial charge is 0.310 e. The zero-order valence-electron chi connectivity index (χ0n) is 18.9. The molecule has 1 saturated carbocycles. The van der Waals surface area contributed by atoms with Crippen LogP contribution in [-0.2, 0) is 20.7 Å². The third kappa shape index (κ3) is 7.19. The summed E-state index contributed by atoms with van der Waals surface area (Å²) in [5.41, 5.74) is 9.16. The van der Waals surface area contributed by atoms with Crippen LogP contribution in [0, 0.1) is 5.82 Å². The number of hydrogen-bond acceptors (Lipinski definition) is 5. The molecule has 1 heterocycles. The standard InChI is InChI=1S/C27H31FN2O3/c1-2-20(26(31)17-23-11-13-30-18-25(23)28)16-22(10-12-29)21-7-5-6-19(14-21)15-27(32)33-24-8-3-4-9-24/h2,6,10-11,13-14,16,18,24H,1,3-5,7-9,12,15,17,29H2/b20-16+,22-10-. The molecule has 1 aromatic rings. The molecule has 2 aliphatic rings. The molecule has 0 saturated heterocycles. The van der Waals surface area contributed by atoms with Crippen LogP contribution >= 0.6 is 0 Å². The fourth-order valence-corrected chi connectivity index (χ4v) is 4.17. The number of allylic oxidation sites excluding steroid dienone is 7. The Morgan fingerprint density at radius 1 is 1.27 bits per heavy atom. The van der Waals surface area contributed by atoms with Crippen molar-refractivity contribution in [2.45, 2.75) is 57.5 Å². The van der Waals surface area contributed by atoms with E-state index in [4.69, 9.17) is 10.5 Å². The molecule has 5 nitrogen and oxygen atoms in total. The van der Waals surface area contributed by atoms with Gasteiger partial charge in [0.1, 0.15) is 11.9 Å². The highest BCUT2D eigenvalue weighted by Crippen LogP contribution is 2.28. The summed E-state index contributed by atoms with van der Waals surface area (Å²) < 4.78 is 19.5. The minimum atomic E-state index is -0.513. The van der Waals surface area contributed by atoms with E-state index in [1.54, 1.807) is 6.08 Å². The Labute approximate surface area is 194 Å². The molecule has 0 amide bonds. The summed E-state index contributed by atoms with van der Waals surface area (Å²) >= 11 is 0. The molecule has 1 aromatic heterocycles. The van der Waals surface area contributed by atoms with Gasteiger partial charge in [-0.1, -0.05) is 30.9 Å². The van der Waals surface area contributed by atoms with E-state index in [9.17, 15) is 14.0 Å². The number of carbonyl (C=O) groups excluding carboxylic acids is 2. The third-order valence-electron chi connectivity index (χ3n) is 5.90. The maximum atomic E-state index is 13.9. The van der Waals surface area contributed by atoms with Crippen LogP contribution in [0.15, 0.2) is 77.7 Å². The van der Waals surface area contributed by atoms with Crippen LogP contribution < -0.4 is 5.73 Å². The Kier molecular flexibility index (Phi) is 9.07. The molecular weight excluding hydrogens is 419 g/mol. The Bertz CT molecular complexity index is 1010. The van der Waals surface area contributed by atoms with Gasteiger partial charge >= 0.3 is 5.97 Å². The molecule has 0 unspecified atom stereocenters. The Balaban J connectivity index is 1.73. The van der Waals surface area contributed by atoms with Crippen LogP contribution in [0.1, 0.15) is 50.5 Å². The van der Waals surface area contributed by atoms with Crippen molar-refractivity contribution in [3.63, 3.8) is 0 Å². The lowest BCUT2D eigenvalue weighted by Gasteiger charge is -2.17. The van der Waals surface area contributed by atoms with Crippen molar-refractivity contribution in [1.82, 2.24) is 4.98 Å². The quantitative estimate of drug-likeness (QED) is 0.313. The van der Waals surface area contributed by atoms with E-state index in [2.05, 4.69) is 17.6 Å². The van der Waals surface area contributed by atoms with E-state index in [1.165, 1.54) is 18.3 Å². The Morgan fingerprint density at radius 3 is 2.76 bits per heavy atom. The second-order valence-corrected chi connectivity index (χ2v) is 8.33. The molecule has 0 aromatic carbocycles. The lowest BCUT2D eigenvalue weighted by molar-refractivity contribution is -0.147. The molecule has 0 aliphatic heterocycles. The van der Waals surface area contributed by atoms with Crippen LogP contribution in [0.4, 0.5) is 4.39 Å². The second-order valence-electron chi connectivity index (χ2n) is 8.33. The predicted octanol–water partition coefficient (Wildman–Crippen LogP) is 4.85. The average molecular weight is 451 g/mol. The number of ketones is 1. The summed E-state index contributed by atoms with van der Waals surface area (Å²) in [4.78, 5) is 28.9. The maximum Gasteiger partial charge on any atom is 0.310 e. The maximum absolute atomic E-state index is 13.9. The van der Waals surface area contributed by atoms with E-state index in [0.717, 1.165) is 61.4 Å². The average Bonchev–Trinajstić information content (AvgIpc) is 3.31. The number of halogens is 1. The fraction of sp³-hybridized carbons (Fsp3) is 0.370. The van der Waals surface area contributed by atoms with E-state index in [1.807, 2.05) is 12.2 Å². The van der Waals surface area contributed by atoms with Crippen LogP contribution in [-0.4, -0.2) is 29.4 Å². The highest BCUT2D eigenvalue weighted by molar-refractivity contribution is 5.99.